The second kappa shape index (κ2) is 8.01. The molecule has 0 aliphatic rings. The third-order valence-corrected chi connectivity index (χ3v) is 4.65. The van der Waals surface area contributed by atoms with E-state index in [1.807, 2.05) is 0 Å². The van der Waals surface area contributed by atoms with Gasteiger partial charge in [-0.25, -0.2) is 22.7 Å². The number of carbonyl (C=O) groups excluding carboxylic acids is 1. The van der Waals surface area contributed by atoms with Gasteiger partial charge in [-0.15, -0.1) is 0 Å². The zero-order valence-electron chi connectivity index (χ0n) is 12.5. The number of rotatable bonds is 6. The van der Waals surface area contributed by atoms with E-state index in [0.717, 1.165) is 12.1 Å². The minimum Gasteiger partial charge on any atom is -0.487 e. The van der Waals surface area contributed by atoms with Gasteiger partial charge < -0.3 is 9.47 Å². The molecule has 0 bridgehead atoms. The summed E-state index contributed by atoms with van der Waals surface area (Å²) in [5.74, 6) is -1.43. The number of primary sulfonamides is 1. The van der Waals surface area contributed by atoms with Crippen molar-refractivity contribution in [1.29, 1.82) is 0 Å². The van der Waals surface area contributed by atoms with Crippen molar-refractivity contribution >= 4 is 39.2 Å². The fourth-order valence-corrected chi connectivity index (χ4v) is 3.22. The predicted octanol–water partition coefficient (Wildman–Crippen LogP) is 3.02. The zero-order chi connectivity index (χ0) is 18.6. The molecule has 0 saturated heterocycles. The summed E-state index contributed by atoms with van der Waals surface area (Å²) in [4.78, 5) is 11.6. The van der Waals surface area contributed by atoms with Gasteiger partial charge in [0.1, 0.15) is 18.1 Å². The number of carbonyl (C=O) groups is 1. The van der Waals surface area contributed by atoms with E-state index < -0.39 is 26.7 Å². The number of hydrogen-bond acceptors (Lipinski definition) is 5. The summed E-state index contributed by atoms with van der Waals surface area (Å²) in [7, 11) is -4.14. The number of halogens is 3. The Morgan fingerprint density at radius 1 is 1.12 bits per heavy atom. The molecule has 0 atom stereocenters. The van der Waals surface area contributed by atoms with Crippen molar-refractivity contribution in [3.05, 3.63) is 57.8 Å². The first-order valence-electron chi connectivity index (χ1n) is 6.76. The molecule has 2 N–H and O–H groups in total. The Morgan fingerprint density at radius 3 is 2.44 bits per heavy atom. The molecule has 0 aliphatic heterocycles. The lowest BCUT2D eigenvalue weighted by molar-refractivity contribution is 0.0448. The lowest BCUT2D eigenvalue weighted by Crippen LogP contribution is -2.16. The molecule has 2 rings (SSSR count). The monoisotopic (exact) mass is 407 g/mol. The van der Waals surface area contributed by atoms with Gasteiger partial charge in [0.25, 0.3) is 0 Å². The maximum absolute atomic E-state index is 13.4. The van der Waals surface area contributed by atoms with Gasteiger partial charge in [0, 0.05) is 0 Å². The quantitative estimate of drug-likeness (QED) is 0.586. The van der Waals surface area contributed by atoms with E-state index in [9.17, 15) is 17.6 Å². The molecular formula is C15H12Cl2FNO5S. The highest BCUT2D eigenvalue weighted by atomic mass is 35.5. The van der Waals surface area contributed by atoms with Crippen LogP contribution in [0.25, 0.3) is 0 Å². The maximum Gasteiger partial charge on any atom is 0.339 e. The summed E-state index contributed by atoms with van der Waals surface area (Å²) in [6.07, 6.45) is 0. The minimum absolute atomic E-state index is 0.0135. The van der Waals surface area contributed by atoms with Gasteiger partial charge >= 0.3 is 5.97 Å². The molecular weight excluding hydrogens is 396 g/mol. The molecule has 6 nitrogen and oxygen atoms in total. The minimum atomic E-state index is -4.14. The largest absolute Gasteiger partial charge is 0.487 e. The number of sulfonamides is 1. The van der Waals surface area contributed by atoms with Gasteiger partial charge in [-0.1, -0.05) is 35.3 Å². The van der Waals surface area contributed by atoms with Crippen LogP contribution in [-0.2, 0) is 14.8 Å². The number of ether oxygens (including phenoxy) is 2. The highest BCUT2D eigenvalue weighted by Crippen LogP contribution is 2.28. The van der Waals surface area contributed by atoms with Gasteiger partial charge in [0.05, 0.1) is 15.6 Å². The molecule has 0 amide bonds. The van der Waals surface area contributed by atoms with Crippen molar-refractivity contribution in [2.75, 3.05) is 13.2 Å². The molecule has 0 aromatic heterocycles. The molecule has 2 aromatic carbocycles. The third-order valence-electron chi connectivity index (χ3n) is 2.96. The first kappa shape index (κ1) is 19.5. The fraction of sp³-hybridized carbons (Fsp3) is 0.133. The van der Waals surface area contributed by atoms with Gasteiger partial charge in [-0.3, -0.25) is 0 Å². The van der Waals surface area contributed by atoms with Crippen LogP contribution >= 0.6 is 23.2 Å². The van der Waals surface area contributed by atoms with Gasteiger partial charge in [0.2, 0.25) is 10.0 Å². The Kier molecular flexibility index (Phi) is 6.23. The topological polar surface area (TPSA) is 95.7 Å². The summed E-state index contributed by atoms with van der Waals surface area (Å²) in [5.41, 5.74) is -0.221. The van der Waals surface area contributed by atoms with Crippen LogP contribution in [0.4, 0.5) is 4.39 Å². The lowest BCUT2D eigenvalue weighted by atomic mass is 10.2. The molecule has 0 spiro atoms. The second-order valence-electron chi connectivity index (χ2n) is 4.72. The van der Waals surface area contributed by atoms with Crippen LogP contribution in [0.1, 0.15) is 10.4 Å². The zero-order valence-corrected chi connectivity index (χ0v) is 14.9. The molecule has 0 unspecified atom stereocenters. The SMILES string of the molecule is NS(=O)(=O)c1cc(C(=O)OCCOc2ccccc2F)c(Cl)cc1Cl. The molecule has 0 fully saturated rings. The summed E-state index contributed by atoms with van der Waals surface area (Å²) < 4.78 is 46.3. The Bertz CT molecular complexity index is 905. The average molecular weight is 408 g/mol. The van der Waals surface area contributed by atoms with Gasteiger partial charge in [-0.05, 0) is 24.3 Å². The van der Waals surface area contributed by atoms with Crippen molar-refractivity contribution in [2.45, 2.75) is 4.90 Å². The fourth-order valence-electron chi connectivity index (χ4n) is 1.83. The number of esters is 1. The lowest BCUT2D eigenvalue weighted by Gasteiger charge is -2.10. The smallest absolute Gasteiger partial charge is 0.339 e. The summed E-state index contributed by atoms with van der Waals surface area (Å²) in [5, 5.41) is 4.70. The van der Waals surface area contributed by atoms with Gasteiger partial charge in [-0.2, -0.15) is 0 Å². The molecule has 2 aromatic rings. The molecule has 10 heteroatoms. The predicted molar refractivity (Wildman–Crippen MR) is 90.0 cm³/mol. The number of para-hydroxylation sites is 1. The third kappa shape index (κ3) is 5.05. The highest BCUT2D eigenvalue weighted by Gasteiger charge is 2.20. The highest BCUT2D eigenvalue weighted by molar-refractivity contribution is 7.89. The van der Waals surface area contributed by atoms with Crippen LogP contribution in [-0.4, -0.2) is 27.6 Å². The maximum atomic E-state index is 13.4. The Morgan fingerprint density at radius 2 is 1.80 bits per heavy atom. The number of nitrogens with two attached hydrogens (primary N) is 1. The summed E-state index contributed by atoms with van der Waals surface area (Å²) >= 11 is 11.6. The van der Waals surface area contributed by atoms with Gasteiger partial charge in [0.15, 0.2) is 11.6 Å². The molecule has 0 radical (unpaired) electrons. The first-order valence-corrected chi connectivity index (χ1v) is 9.06. The normalized spacial score (nSPS) is 11.2. The van der Waals surface area contributed by atoms with Crippen LogP contribution < -0.4 is 9.88 Å². The van der Waals surface area contributed by atoms with Crippen LogP contribution in [0.2, 0.25) is 10.0 Å². The van der Waals surface area contributed by atoms with Crippen LogP contribution in [0.15, 0.2) is 41.3 Å². The van der Waals surface area contributed by atoms with Crippen molar-refractivity contribution in [1.82, 2.24) is 0 Å². The van der Waals surface area contributed by atoms with Crippen LogP contribution in [0.3, 0.4) is 0 Å². The van der Waals surface area contributed by atoms with E-state index in [1.165, 1.54) is 18.2 Å². The van der Waals surface area contributed by atoms with E-state index in [-0.39, 0.29) is 34.6 Å². The van der Waals surface area contributed by atoms with Crippen LogP contribution in [0, 0.1) is 5.82 Å². The number of hydrogen-bond donors (Lipinski definition) is 1. The molecule has 134 valence electrons. The van der Waals surface area contributed by atoms with Crippen molar-refractivity contribution in [3.8, 4) is 5.75 Å². The summed E-state index contributed by atoms with van der Waals surface area (Å²) in [6, 6.07) is 7.76. The average Bonchev–Trinajstić information content (AvgIpc) is 2.51. The number of benzene rings is 2. The molecule has 0 aliphatic carbocycles. The van der Waals surface area contributed by atoms with Crippen molar-refractivity contribution in [3.63, 3.8) is 0 Å². The van der Waals surface area contributed by atoms with Crippen molar-refractivity contribution < 1.29 is 27.1 Å². The summed E-state index contributed by atoms with van der Waals surface area (Å²) in [6.45, 7) is -0.323. The van der Waals surface area contributed by atoms with E-state index in [4.69, 9.17) is 37.8 Å². The molecule has 25 heavy (non-hydrogen) atoms. The Labute approximate surface area is 153 Å². The Balaban J connectivity index is 2.03. The standard InChI is InChI=1S/C15H12Cl2FNO5S/c16-10-8-11(17)14(25(19,21)22)7-9(10)15(20)24-6-5-23-13-4-2-1-3-12(13)18/h1-4,7-8H,5-6H2,(H2,19,21,22). The first-order chi connectivity index (χ1) is 11.7. The van der Waals surface area contributed by atoms with E-state index in [0.29, 0.717) is 0 Å². The Hall–Kier alpha value is -1.87. The van der Waals surface area contributed by atoms with Crippen LogP contribution in [0.5, 0.6) is 5.75 Å². The second-order valence-corrected chi connectivity index (χ2v) is 7.07. The van der Waals surface area contributed by atoms with Crippen molar-refractivity contribution in [2.24, 2.45) is 5.14 Å². The van der Waals surface area contributed by atoms with E-state index in [1.54, 1.807) is 6.07 Å². The molecule has 0 heterocycles. The molecule has 0 saturated carbocycles. The van der Waals surface area contributed by atoms with E-state index in [2.05, 4.69) is 0 Å². The van der Waals surface area contributed by atoms with E-state index >= 15 is 0 Å².